The lowest BCUT2D eigenvalue weighted by molar-refractivity contribution is -0.0870. The van der Waals surface area contributed by atoms with Crippen LogP contribution in [0.25, 0.3) is 11.0 Å². The number of β-amino-alcohol motifs (C(OH)–C–C–N with tert-alkyl or cyclic N) is 1. The molecule has 2 heterocycles. The molecule has 9 heteroatoms. The highest BCUT2D eigenvalue weighted by Crippen LogP contribution is 2.59. The number of piperidine rings is 1. The number of fused-ring (bicyclic) bond motifs is 9. The molecule has 7 nitrogen and oxygen atoms in total. The summed E-state index contributed by atoms with van der Waals surface area (Å²) < 4.78 is 30.1. The van der Waals surface area contributed by atoms with Gasteiger partial charge in [0, 0.05) is 42.2 Å². The summed E-state index contributed by atoms with van der Waals surface area (Å²) in [5.41, 5.74) is 3.28. The van der Waals surface area contributed by atoms with Gasteiger partial charge in [-0.05, 0) is 118 Å². The third-order valence-corrected chi connectivity index (χ3v) is 12.1. The number of ketones is 1. The number of aromatic amines is 1. The first-order valence-corrected chi connectivity index (χ1v) is 18.1. The van der Waals surface area contributed by atoms with Crippen LogP contribution in [-0.2, 0) is 6.42 Å². The van der Waals surface area contributed by atoms with E-state index >= 15 is 0 Å². The number of imidazole rings is 1. The van der Waals surface area contributed by atoms with Gasteiger partial charge in [-0.1, -0.05) is 42.8 Å². The van der Waals surface area contributed by atoms with Crippen LogP contribution < -0.4 is 5.69 Å². The molecule has 50 heavy (non-hydrogen) atoms. The van der Waals surface area contributed by atoms with Gasteiger partial charge in [0.05, 0.1) is 22.7 Å². The number of hydrogen-bond donors (Lipinski definition) is 3. The zero-order valence-corrected chi connectivity index (χ0v) is 28.9. The van der Waals surface area contributed by atoms with Crippen LogP contribution in [0.5, 0.6) is 0 Å². The Balaban J connectivity index is 1.20. The first-order chi connectivity index (χ1) is 24.0. The normalized spacial score (nSPS) is 26.9. The number of nitrogens with zero attached hydrogens (tertiary/aromatic N) is 2. The Hall–Kier alpha value is -3.92. The van der Waals surface area contributed by atoms with Crippen molar-refractivity contribution in [2.45, 2.75) is 95.3 Å². The van der Waals surface area contributed by atoms with Crippen molar-refractivity contribution in [2.24, 2.45) is 5.41 Å². The second-order valence-corrected chi connectivity index (χ2v) is 15.2. The molecule has 3 N–H and O–H groups in total. The number of allylic oxidation sites excluding steroid dienone is 2. The van der Waals surface area contributed by atoms with E-state index in [-0.39, 0.29) is 23.2 Å². The molecule has 0 spiro atoms. The summed E-state index contributed by atoms with van der Waals surface area (Å²) >= 11 is 0. The van der Waals surface area contributed by atoms with Crippen LogP contribution in [0.1, 0.15) is 104 Å². The van der Waals surface area contributed by atoms with E-state index in [2.05, 4.69) is 29.8 Å². The maximum Gasteiger partial charge on any atom is 0.326 e. The molecule has 0 amide bonds. The molecule has 1 aromatic heterocycles. The van der Waals surface area contributed by atoms with Crippen molar-refractivity contribution in [2.75, 3.05) is 19.6 Å². The minimum Gasteiger partial charge on any atom is -0.393 e. The Bertz CT molecular complexity index is 1990. The van der Waals surface area contributed by atoms with Gasteiger partial charge in [0.2, 0.25) is 0 Å². The van der Waals surface area contributed by atoms with Crippen molar-refractivity contribution in [3.05, 3.63) is 117 Å². The fraction of sp³-hybridized carbons (Fsp3) is 0.463. The molecule has 2 fully saturated rings. The molecular weight excluding hydrogens is 636 g/mol. The van der Waals surface area contributed by atoms with Crippen molar-refractivity contribution in [3.63, 3.8) is 0 Å². The minimum atomic E-state index is -1.08. The third kappa shape index (κ3) is 6.40. The molecule has 0 unspecified atom stereocenters. The number of nitrogens with one attached hydrogen (secondary N) is 1. The number of H-pyrrole nitrogens is 1. The topological polar surface area (TPSA) is 98.6 Å². The van der Waals surface area contributed by atoms with Crippen LogP contribution in [0.3, 0.4) is 0 Å². The fourth-order valence-electron chi connectivity index (χ4n) is 9.13. The average molecular weight is 684 g/mol. The number of benzene rings is 3. The first-order valence-electron chi connectivity index (χ1n) is 18.1. The number of rotatable bonds is 5. The molecule has 3 aliphatic carbocycles. The zero-order chi connectivity index (χ0) is 35.2. The summed E-state index contributed by atoms with van der Waals surface area (Å²) in [5.74, 6) is -2.66. The van der Waals surface area contributed by atoms with Crippen molar-refractivity contribution < 1.29 is 23.8 Å². The van der Waals surface area contributed by atoms with Crippen LogP contribution >= 0.6 is 0 Å². The molecule has 8 rings (SSSR count). The van der Waals surface area contributed by atoms with E-state index in [1.54, 1.807) is 0 Å². The van der Waals surface area contributed by atoms with Gasteiger partial charge in [-0.3, -0.25) is 9.36 Å². The first kappa shape index (κ1) is 34.5. The predicted octanol–water partition coefficient (Wildman–Crippen LogP) is 7.21. The SMILES string of the molecule is CC1=CCC[C@@]2(C)[C@@H](CC[C@@]2(O)CN2CCC(n3c(=O)[nH]c4ccccc43)CC2)c2ccc(cc2C(=O)c2ccc(F)c(F)c2)C[C@@H](O)CC1. The van der Waals surface area contributed by atoms with E-state index in [4.69, 9.17) is 0 Å². The second-order valence-electron chi connectivity index (χ2n) is 15.2. The van der Waals surface area contributed by atoms with Crippen molar-refractivity contribution in [1.29, 1.82) is 0 Å². The van der Waals surface area contributed by atoms with Crippen molar-refractivity contribution >= 4 is 16.8 Å². The smallest absolute Gasteiger partial charge is 0.326 e. The van der Waals surface area contributed by atoms with E-state index in [9.17, 15) is 28.6 Å². The van der Waals surface area contributed by atoms with Gasteiger partial charge in [-0.2, -0.15) is 0 Å². The molecular formula is C41H47F2N3O4. The number of aliphatic hydroxyl groups excluding tert-OH is 1. The van der Waals surface area contributed by atoms with Crippen LogP contribution in [0, 0.1) is 17.0 Å². The number of carbonyl (C=O) groups excluding carboxylic acids is 1. The van der Waals surface area contributed by atoms with E-state index in [0.29, 0.717) is 44.2 Å². The highest BCUT2D eigenvalue weighted by molar-refractivity contribution is 6.10. The van der Waals surface area contributed by atoms with Crippen LogP contribution in [0.15, 0.2) is 77.1 Å². The Morgan fingerprint density at radius 2 is 1.76 bits per heavy atom. The van der Waals surface area contributed by atoms with Crippen molar-refractivity contribution in [3.8, 4) is 0 Å². The number of halogens is 2. The number of aliphatic hydroxyl groups is 2. The van der Waals surface area contributed by atoms with Gasteiger partial charge in [-0.15, -0.1) is 0 Å². The zero-order valence-electron chi connectivity index (χ0n) is 28.9. The molecule has 2 bridgehead atoms. The number of para-hydroxylation sites is 2. The summed E-state index contributed by atoms with van der Waals surface area (Å²) in [5, 5.41) is 23.6. The summed E-state index contributed by atoms with van der Waals surface area (Å²) in [6.07, 6.45) is 7.58. The molecule has 1 aliphatic heterocycles. The Labute approximate surface area is 291 Å². The fourth-order valence-corrected chi connectivity index (χ4v) is 9.13. The van der Waals surface area contributed by atoms with E-state index in [1.807, 2.05) is 47.0 Å². The molecule has 4 aromatic rings. The monoisotopic (exact) mass is 683 g/mol. The van der Waals surface area contributed by atoms with Gasteiger partial charge in [0.15, 0.2) is 17.4 Å². The molecule has 4 atom stereocenters. The van der Waals surface area contributed by atoms with Gasteiger partial charge < -0.3 is 20.1 Å². The highest BCUT2D eigenvalue weighted by Gasteiger charge is 2.57. The maximum absolute atomic E-state index is 14.3. The lowest BCUT2D eigenvalue weighted by atomic mass is 9.64. The number of aromatic nitrogens is 2. The second kappa shape index (κ2) is 13.7. The standard InChI is InChI=1S/C41H47F2N3O4/c1-26-6-5-18-40(2)33(31-13-10-27(22-30(47)12-9-26)23-32(31)38(48)28-11-14-34(42)35(43)24-28)15-19-41(40,50)25-45-20-16-29(17-21-45)46-37-8-4-3-7-36(37)44-39(46)49/h3-4,6-8,10-11,13-14,23-24,29-30,33,47,50H,5,9,12,15-22,25H2,1-2H3,(H,44,49)/t30-,33-,40-,41+/m0/s1. The minimum absolute atomic E-state index is 0.0645. The van der Waals surface area contributed by atoms with Gasteiger partial charge >= 0.3 is 5.69 Å². The van der Waals surface area contributed by atoms with Crippen LogP contribution in [0.4, 0.5) is 8.78 Å². The lowest BCUT2D eigenvalue weighted by Gasteiger charge is -2.47. The number of carbonyl (C=O) groups is 1. The average Bonchev–Trinajstić information content (AvgIpc) is 3.56. The Morgan fingerprint density at radius 3 is 2.54 bits per heavy atom. The quantitative estimate of drug-likeness (QED) is 0.153. The van der Waals surface area contributed by atoms with Crippen LogP contribution in [-0.4, -0.2) is 61.8 Å². The summed E-state index contributed by atoms with van der Waals surface area (Å²) in [6, 6.07) is 16.8. The van der Waals surface area contributed by atoms with E-state index in [1.165, 1.54) is 11.6 Å². The van der Waals surface area contributed by atoms with E-state index < -0.39 is 34.5 Å². The number of likely N-dealkylation sites (tertiary alicyclic amines) is 1. The maximum atomic E-state index is 14.3. The van der Waals surface area contributed by atoms with Crippen LogP contribution in [0.2, 0.25) is 0 Å². The summed E-state index contributed by atoms with van der Waals surface area (Å²) in [4.78, 5) is 32.3. The van der Waals surface area contributed by atoms with Gasteiger partial charge in [-0.25, -0.2) is 13.6 Å². The summed E-state index contributed by atoms with van der Waals surface area (Å²) in [6.45, 7) is 6.22. The molecule has 1 saturated carbocycles. The third-order valence-electron chi connectivity index (χ3n) is 12.1. The Morgan fingerprint density at radius 1 is 0.980 bits per heavy atom. The largest absolute Gasteiger partial charge is 0.393 e. The van der Waals surface area contributed by atoms with Gasteiger partial charge in [0.1, 0.15) is 0 Å². The Kier molecular flexibility index (Phi) is 9.43. The number of hydrogen-bond acceptors (Lipinski definition) is 5. The summed E-state index contributed by atoms with van der Waals surface area (Å²) in [7, 11) is 0. The van der Waals surface area contributed by atoms with Crippen molar-refractivity contribution in [1.82, 2.24) is 14.5 Å². The lowest BCUT2D eigenvalue weighted by Crippen LogP contribution is -2.54. The predicted molar refractivity (Wildman–Crippen MR) is 190 cm³/mol. The molecule has 0 radical (unpaired) electrons. The molecule has 264 valence electrons. The molecule has 1 saturated heterocycles. The molecule has 3 aromatic carbocycles. The van der Waals surface area contributed by atoms with Gasteiger partial charge in [0.25, 0.3) is 0 Å². The molecule has 4 aliphatic rings. The van der Waals surface area contributed by atoms with E-state index in [0.717, 1.165) is 73.1 Å². The highest BCUT2D eigenvalue weighted by atomic mass is 19.2.